The fraction of sp³-hybridized carbons (Fsp3) is 0.333. The maximum atomic E-state index is 11.6. The highest BCUT2D eigenvalue weighted by Crippen LogP contribution is 2.28. The number of halogens is 2. The summed E-state index contributed by atoms with van der Waals surface area (Å²) in [6, 6.07) is 5.17. The van der Waals surface area contributed by atoms with Gasteiger partial charge in [-0.25, -0.2) is 0 Å². The molecule has 0 unspecified atom stereocenters. The van der Waals surface area contributed by atoms with Crippen LogP contribution in [0.5, 0.6) is 0 Å². The lowest BCUT2D eigenvalue weighted by Crippen LogP contribution is -2.31. The first-order chi connectivity index (χ1) is 8.00. The molecule has 0 aliphatic carbocycles. The molecule has 17 heavy (non-hydrogen) atoms. The Morgan fingerprint density at radius 2 is 2.06 bits per heavy atom. The molecule has 1 aromatic carbocycles. The summed E-state index contributed by atoms with van der Waals surface area (Å²) >= 11 is 11.1. The van der Waals surface area contributed by atoms with E-state index in [0.717, 1.165) is 11.3 Å². The van der Waals surface area contributed by atoms with Gasteiger partial charge in [-0.2, -0.15) is 0 Å². The van der Waals surface area contributed by atoms with E-state index in [2.05, 4.69) is 0 Å². The molecule has 0 saturated carbocycles. The van der Waals surface area contributed by atoms with Crippen molar-refractivity contribution in [3.8, 4) is 0 Å². The van der Waals surface area contributed by atoms with Crippen molar-refractivity contribution >= 4 is 40.6 Å². The van der Waals surface area contributed by atoms with Crippen LogP contribution in [0, 0.1) is 0 Å². The highest BCUT2D eigenvalue weighted by atomic mass is 35.5. The number of carbonyl (C=O) groups is 2. The van der Waals surface area contributed by atoms with Gasteiger partial charge < -0.3 is 4.90 Å². The molecule has 3 nitrogen and oxygen atoms in total. The van der Waals surface area contributed by atoms with E-state index >= 15 is 0 Å². The van der Waals surface area contributed by atoms with Crippen LogP contribution in [-0.2, 0) is 11.2 Å². The van der Waals surface area contributed by atoms with Crippen LogP contribution in [0.25, 0.3) is 0 Å². The highest BCUT2D eigenvalue weighted by Gasteiger charge is 2.22. The van der Waals surface area contributed by atoms with Crippen molar-refractivity contribution in [3.63, 3.8) is 0 Å². The number of fused-ring (bicyclic) bond motifs is 1. The second kappa shape index (κ2) is 4.67. The standard InChI is InChI=1S/C12H11Cl2NO2/c1-15-9-4-2-8(11(17)12(13)14)6-7(9)3-5-10(15)16/h2,4,6,12H,3,5H2,1H3. The molecule has 1 aliphatic rings. The third kappa shape index (κ3) is 2.31. The van der Waals surface area contributed by atoms with Gasteiger partial charge >= 0.3 is 0 Å². The lowest BCUT2D eigenvalue weighted by molar-refractivity contribution is -0.118. The van der Waals surface area contributed by atoms with Crippen LogP contribution in [0.2, 0.25) is 0 Å². The molecule has 0 radical (unpaired) electrons. The maximum absolute atomic E-state index is 11.6. The molecule has 0 N–H and O–H groups in total. The van der Waals surface area contributed by atoms with Gasteiger partial charge in [0.05, 0.1) is 0 Å². The third-order valence-corrected chi connectivity index (χ3v) is 3.30. The van der Waals surface area contributed by atoms with Gasteiger partial charge in [0.2, 0.25) is 5.91 Å². The number of hydrogen-bond acceptors (Lipinski definition) is 2. The van der Waals surface area contributed by atoms with E-state index in [9.17, 15) is 9.59 Å². The Hall–Kier alpha value is -1.06. The summed E-state index contributed by atoms with van der Waals surface area (Å²) in [7, 11) is 1.73. The summed E-state index contributed by atoms with van der Waals surface area (Å²) in [5, 5.41) is 0. The molecular weight excluding hydrogens is 261 g/mol. The minimum absolute atomic E-state index is 0.0872. The molecule has 5 heteroatoms. The summed E-state index contributed by atoms with van der Waals surface area (Å²) in [6.07, 6.45) is 1.11. The summed E-state index contributed by atoms with van der Waals surface area (Å²) in [5.41, 5.74) is 2.31. The number of anilines is 1. The molecule has 0 spiro atoms. The minimum Gasteiger partial charge on any atom is -0.315 e. The Balaban J connectivity index is 2.39. The van der Waals surface area contributed by atoms with Crippen molar-refractivity contribution < 1.29 is 9.59 Å². The van der Waals surface area contributed by atoms with Crippen molar-refractivity contribution in [2.75, 3.05) is 11.9 Å². The van der Waals surface area contributed by atoms with Gasteiger partial charge in [0.1, 0.15) is 0 Å². The second-order valence-electron chi connectivity index (χ2n) is 3.96. The summed E-state index contributed by atoms with van der Waals surface area (Å²) in [5.74, 6) is -0.222. The summed E-state index contributed by atoms with van der Waals surface area (Å²) in [6.45, 7) is 0. The lowest BCUT2D eigenvalue weighted by atomic mass is 9.98. The molecular formula is C12H11Cl2NO2. The van der Waals surface area contributed by atoms with Crippen molar-refractivity contribution in [2.45, 2.75) is 17.7 Å². The van der Waals surface area contributed by atoms with E-state index in [-0.39, 0.29) is 11.7 Å². The second-order valence-corrected chi connectivity index (χ2v) is 5.06. The molecule has 90 valence electrons. The zero-order valence-electron chi connectivity index (χ0n) is 9.24. The van der Waals surface area contributed by atoms with Crippen LogP contribution in [0.15, 0.2) is 18.2 Å². The van der Waals surface area contributed by atoms with E-state index in [1.165, 1.54) is 0 Å². The average molecular weight is 272 g/mol. The Morgan fingerprint density at radius 1 is 1.35 bits per heavy atom. The number of hydrogen-bond donors (Lipinski definition) is 0. The average Bonchev–Trinajstić information content (AvgIpc) is 2.32. The number of amides is 1. The van der Waals surface area contributed by atoms with Crippen LogP contribution in [-0.4, -0.2) is 23.6 Å². The summed E-state index contributed by atoms with van der Waals surface area (Å²) < 4.78 is 0. The molecule has 0 atom stereocenters. The zero-order valence-corrected chi connectivity index (χ0v) is 10.8. The normalized spacial score (nSPS) is 15.1. The number of carbonyl (C=O) groups excluding carboxylic acids is 2. The molecule has 1 aromatic rings. The van der Waals surface area contributed by atoms with Gasteiger partial charge in [0, 0.05) is 24.7 Å². The fourth-order valence-electron chi connectivity index (χ4n) is 1.94. The number of Topliss-reactive ketones (excluding diaryl/α,β-unsaturated/α-hetero) is 1. The number of rotatable bonds is 2. The smallest absolute Gasteiger partial charge is 0.227 e. The van der Waals surface area contributed by atoms with E-state index in [1.807, 2.05) is 0 Å². The molecule has 1 aliphatic heterocycles. The number of alkyl halides is 2. The van der Waals surface area contributed by atoms with Crippen LogP contribution in [0.3, 0.4) is 0 Å². The maximum Gasteiger partial charge on any atom is 0.227 e. The quantitative estimate of drug-likeness (QED) is 0.613. The van der Waals surface area contributed by atoms with Crippen LogP contribution in [0.4, 0.5) is 5.69 Å². The molecule has 1 amide bonds. The van der Waals surface area contributed by atoms with Crippen molar-refractivity contribution in [3.05, 3.63) is 29.3 Å². The number of benzene rings is 1. The van der Waals surface area contributed by atoms with Gasteiger partial charge in [-0.1, -0.05) is 23.2 Å². The van der Waals surface area contributed by atoms with Crippen molar-refractivity contribution in [1.82, 2.24) is 0 Å². The van der Waals surface area contributed by atoms with Gasteiger partial charge in [0.15, 0.2) is 10.6 Å². The SMILES string of the molecule is CN1C(=O)CCc2cc(C(=O)C(Cl)Cl)ccc21. The third-order valence-electron chi connectivity index (χ3n) is 2.91. The zero-order chi connectivity index (χ0) is 12.6. The van der Waals surface area contributed by atoms with E-state index in [1.54, 1.807) is 30.1 Å². The number of ketones is 1. The first kappa shape index (κ1) is 12.4. The Kier molecular flexibility index (Phi) is 3.40. The first-order valence-electron chi connectivity index (χ1n) is 5.22. The Morgan fingerprint density at radius 3 is 2.71 bits per heavy atom. The fourth-order valence-corrected chi connectivity index (χ4v) is 2.19. The van der Waals surface area contributed by atoms with Crippen LogP contribution in [0.1, 0.15) is 22.3 Å². The molecule has 0 aromatic heterocycles. The molecule has 0 saturated heterocycles. The predicted molar refractivity (Wildman–Crippen MR) is 68.0 cm³/mol. The summed E-state index contributed by atoms with van der Waals surface area (Å²) in [4.78, 5) is 23.7. The van der Waals surface area contributed by atoms with Gasteiger partial charge in [-0.05, 0) is 30.2 Å². The molecule has 1 heterocycles. The molecule has 0 bridgehead atoms. The molecule has 0 fully saturated rings. The van der Waals surface area contributed by atoms with Crippen LogP contribution >= 0.6 is 23.2 Å². The topological polar surface area (TPSA) is 37.4 Å². The van der Waals surface area contributed by atoms with Crippen molar-refractivity contribution in [2.24, 2.45) is 0 Å². The largest absolute Gasteiger partial charge is 0.315 e. The predicted octanol–water partition coefficient (Wildman–Crippen LogP) is 2.58. The van der Waals surface area contributed by atoms with Gasteiger partial charge in [-0.3, -0.25) is 9.59 Å². The minimum atomic E-state index is -1.05. The van der Waals surface area contributed by atoms with Gasteiger partial charge in [0.25, 0.3) is 0 Å². The highest BCUT2D eigenvalue weighted by molar-refractivity contribution is 6.55. The number of aryl methyl sites for hydroxylation is 1. The lowest BCUT2D eigenvalue weighted by Gasteiger charge is -2.26. The number of nitrogens with zero attached hydrogens (tertiary/aromatic N) is 1. The van der Waals surface area contributed by atoms with E-state index < -0.39 is 4.84 Å². The van der Waals surface area contributed by atoms with Crippen molar-refractivity contribution in [1.29, 1.82) is 0 Å². The Labute approximate surface area is 109 Å². The Bertz CT molecular complexity index is 485. The van der Waals surface area contributed by atoms with Gasteiger partial charge in [-0.15, -0.1) is 0 Å². The monoisotopic (exact) mass is 271 g/mol. The molecule has 2 rings (SSSR count). The van der Waals surface area contributed by atoms with Crippen LogP contribution < -0.4 is 4.90 Å². The van der Waals surface area contributed by atoms with E-state index in [0.29, 0.717) is 18.4 Å². The van der Waals surface area contributed by atoms with E-state index in [4.69, 9.17) is 23.2 Å². The first-order valence-corrected chi connectivity index (χ1v) is 6.10.